The van der Waals surface area contributed by atoms with Crippen molar-refractivity contribution in [2.24, 2.45) is 0 Å². The zero-order chi connectivity index (χ0) is 20.4. The molecule has 1 aromatic rings. The molecular formula is C20H26O6S. The van der Waals surface area contributed by atoms with Crippen LogP contribution in [0.1, 0.15) is 32.8 Å². The van der Waals surface area contributed by atoms with E-state index in [9.17, 15) is 14.4 Å². The number of esters is 3. The van der Waals surface area contributed by atoms with E-state index in [1.165, 1.54) is 5.56 Å². The summed E-state index contributed by atoms with van der Waals surface area (Å²) in [5.74, 6) is -1.46. The Morgan fingerprint density at radius 3 is 2.26 bits per heavy atom. The van der Waals surface area contributed by atoms with E-state index in [1.807, 2.05) is 31.2 Å². The van der Waals surface area contributed by atoms with Gasteiger partial charge in [-0.25, -0.2) is 9.59 Å². The van der Waals surface area contributed by atoms with Gasteiger partial charge in [0.15, 0.2) is 6.61 Å². The van der Waals surface area contributed by atoms with Gasteiger partial charge in [0.1, 0.15) is 12.2 Å². The SMILES string of the molecule is C=C(CC(=O)OCCSc1ccc(C)cc1)C(=O)OCC(=O)OC(C)(C)C. The molecule has 0 N–H and O–H groups in total. The first-order valence-corrected chi connectivity index (χ1v) is 9.47. The van der Waals surface area contributed by atoms with Crippen molar-refractivity contribution in [2.75, 3.05) is 19.0 Å². The summed E-state index contributed by atoms with van der Waals surface area (Å²) in [4.78, 5) is 36.1. The Kier molecular flexibility index (Phi) is 9.08. The number of thioether (sulfide) groups is 1. The normalized spacial score (nSPS) is 10.8. The van der Waals surface area contributed by atoms with Crippen molar-refractivity contribution in [1.29, 1.82) is 0 Å². The van der Waals surface area contributed by atoms with Crippen LogP contribution in [0.4, 0.5) is 0 Å². The average molecular weight is 394 g/mol. The van der Waals surface area contributed by atoms with Gasteiger partial charge >= 0.3 is 17.9 Å². The summed E-state index contributed by atoms with van der Waals surface area (Å²) >= 11 is 1.57. The molecule has 0 bridgehead atoms. The van der Waals surface area contributed by atoms with Crippen molar-refractivity contribution in [3.05, 3.63) is 42.0 Å². The second-order valence-corrected chi connectivity index (χ2v) is 7.99. The lowest BCUT2D eigenvalue weighted by molar-refractivity contribution is -0.165. The highest BCUT2D eigenvalue weighted by molar-refractivity contribution is 7.99. The van der Waals surface area contributed by atoms with Crippen molar-refractivity contribution in [3.8, 4) is 0 Å². The molecule has 0 aliphatic rings. The third kappa shape index (κ3) is 10.5. The molecule has 0 saturated carbocycles. The van der Waals surface area contributed by atoms with E-state index in [2.05, 4.69) is 6.58 Å². The zero-order valence-electron chi connectivity index (χ0n) is 16.2. The molecule has 1 rings (SSSR count). The average Bonchev–Trinajstić information content (AvgIpc) is 2.56. The molecular weight excluding hydrogens is 368 g/mol. The molecule has 0 amide bonds. The van der Waals surface area contributed by atoms with Crippen LogP contribution >= 0.6 is 11.8 Å². The quantitative estimate of drug-likeness (QED) is 0.209. The molecule has 0 saturated heterocycles. The predicted molar refractivity (Wildman–Crippen MR) is 103 cm³/mol. The van der Waals surface area contributed by atoms with Crippen LogP contribution in [-0.4, -0.2) is 42.5 Å². The third-order valence-electron chi connectivity index (χ3n) is 3.02. The molecule has 6 nitrogen and oxygen atoms in total. The van der Waals surface area contributed by atoms with Crippen molar-refractivity contribution in [3.63, 3.8) is 0 Å². The topological polar surface area (TPSA) is 78.9 Å². The van der Waals surface area contributed by atoms with E-state index in [0.29, 0.717) is 5.75 Å². The smallest absolute Gasteiger partial charge is 0.344 e. The third-order valence-corrected chi connectivity index (χ3v) is 4.00. The number of ether oxygens (including phenoxy) is 3. The Balaban J connectivity index is 2.22. The number of carbonyl (C=O) groups excluding carboxylic acids is 3. The Morgan fingerprint density at radius 2 is 1.67 bits per heavy atom. The second-order valence-electron chi connectivity index (χ2n) is 6.82. The maximum atomic E-state index is 11.7. The summed E-state index contributed by atoms with van der Waals surface area (Å²) in [6.07, 6.45) is -0.289. The van der Waals surface area contributed by atoms with Crippen molar-refractivity contribution in [1.82, 2.24) is 0 Å². The first-order valence-electron chi connectivity index (χ1n) is 8.48. The molecule has 1 aromatic carbocycles. The number of rotatable bonds is 9. The maximum absolute atomic E-state index is 11.7. The largest absolute Gasteiger partial charge is 0.465 e. The minimum absolute atomic E-state index is 0.0743. The van der Waals surface area contributed by atoms with Gasteiger partial charge in [-0.1, -0.05) is 24.3 Å². The Labute approximate surface area is 164 Å². The molecule has 0 aliphatic carbocycles. The highest BCUT2D eigenvalue weighted by atomic mass is 32.2. The molecule has 7 heteroatoms. The lowest BCUT2D eigenvalue weighted by Crippen LogP contribution is -2.27. The van der Waals surface area contributed by atoms with E-state index in [-0.39, 0.29) is 18.6 Å². The van der Waals surface area contributed by atoms with Crippen LogP contribution in [0, 0.1) is 6.92 Å². The fourth-order valence-electron chi connectivity index (χ4n) is 1.84. The first-order chi connectivity index (χ1) is 12.6. The van der Waals surface area contributed by atoms with Crippen LogP contribution in [0.5, 0.6) is 0 Å². The molecule has 0 atom stereocenters. The molecule has 0 radical (unpaired) electrons. The monoisotopic (exact) mass is 394 g/mol. The van der Waals surface area contributed by atoms with Gasteiger partial charge in [0.2, 0.25) is 0 Å². The zero-order valence-corrected chi connectivity index (χ0v) is 17.0. The molecule has 0 aromatic heterocycles. The van der Waals surface area contributed by atoms with Crippen LogP contribution in [-0.2, 0) is 28.6 Å². The summed E-state index contributed by atoms with van der Waals surface area (Å²) in [7, 11) is 0. The lowest BCUT2D eigenvalue weighted by Gasteiger charge is -2.19. The van der Waals surface area contributed by atoms with Crippen LogP contribution < -0.4 is 0 Å². The first kappa shape index (κ1) is 22.8. The number of carbonyl (C=O) groups is 3. The second kappa shape index (κ2) is 10.8. The summed E-state index contributed by atoms with van der Waals surface area (Å²) in [5.41, 5.74) is 0.443. The van der Waals surface area contributed by atoms with Gasteiger partial charge in [0.25, 0.3) is 0 Å². The van der Waals surface area contributed by atoms with Crippen molar-refractivity contribution < 1.29 is 28.6 Å². The highest BCUT2D eigenvalue weighted by Crippen LogP contribution is 2.18. The van der Waals surface area contributed by atoms with Gasteiger partial charge in [-0.2, -0.15) is 0 Å². The molecule has 0 spiro atoms. The number of aryl methyl sites for hydroxylation is 1. The summed E-state index contributed by atoms with van der Waals surface area (Å²) in [5, 5.41) is 0. The molecule has 148 valence electrons. The Bertz CT molecular complexity index is 673. The number of hydrogen-bond donors (Lipinski definition) is 0. The van der Waals surface area contributed by atoms with Crippen LogP contribution in [0.2, 0.25) is 0 Å². The van der Waals surface area contributed by atoms with Gasteiger partial charge in [0.05, 0.1) is 6.42 Å². The number of benzene rings is 1. The fourth-order valence-corrected chi connectivity index (χ4v) is 2.58. The maximum Gasteiger partial charge on any atom is 0.344 e. The predicted octanol–water partition coefficient (Wildman–Crippen LogP) is 3.46. The molecule has 0 heterocycles. The summed E-state index contributed by atoms with van der Waals surface area (Å²) < 4.78 is 14.9. The van der Waals surface area contributed by atoms with E-state index >= 15 is 0 Å². The van der Waals surface area contributed by atoms with Gasteiger partial charge in [-0.15, -0.1) is 11.8 Å². The van der Waals surface area contributed by atoms with Gasteiger partial charge < -0.3 is 14.2 Å². The molecule has 0 unspecified atom stereocenters. The van der Waals surface area contributed by atoms with E-state index < -0.39 is 30.1 Å². The molecule has 0 fully saturated rings. The minimum atomic E-state index is -0.827. The number of hydrogen-bond acceptors (Lipinski definition) is 7. The van der Waals surface area contributed by atoms with E-state index in [4.69, 9.17) is 14.2 Å². The van der Waals surface area contributed by atoms with Gasteiger partial charge in [-0.05, 0) is 39.8 Å². The minimum Gasteiger partial charge on any atom is -0.465 e. The Morgan fingerprint density at radius 1 is 1.04 bits per heavy atom. The standard InChI is InChI=1S/C20H26O6S/c1-14-6-8-16(9-7-14)27-11-10-24-17(21)12-15(2)19(23)25-13-18(22)26-20(3,4)5/h6-9H,2,10-13H2,1,3-5H3. The van der Waals surface area contributed by atoms with Crippen LogP contribution in [0.25, 0.3) is 0 Å². The summed E-state index contributed by atoms with van der Waals surface area (Å²) in [6.45, 7) is 10.3. The van der Waals surface area contributed by atoms with Gasteiger partial charge in [0, 0.05) is 16.2 Å². The Hall–Kier alpha value is -2.28. The van der Waals surface area contributed by atoms with Crippen molar-refractivity contribution >= 4 is 29.7 Å². The van der Waals surface area contributed by atoms with Crippen LogP contribution in [0.15, 0.2) is 41.3 Å². The highest BCUT2D eigenvalue weighted by Gasteiger charge is 2.19. The molecule has 27 heavy (non-hydrogen) atoms. The van der Waals surface area contributed by atoms with E-state index in [1.54, 1.807) is 32.5 Å². The lowest BCUT2D eigenvalue weighted by atomic mass is 10.2. The summed E-state index contributed by atoms with van der Waals surface area (Å²) in [6, 6.07) is 8.04. The van der Waals surface area contributed by atoms with Crippen LogP contribution in [0.3, 0.4) is 0 Å². The van der Waals surface area contributed by atoms with Gasteiger partial charge in [-0.3, -0.25) is 4.79 Å². The van der Waals surface area contributed by atoms with E-state index in [0.717, 1.165) is 4.90 Å². The molecule has 0 aliphatic heterocycles. The fraction of sp³-hybridized carbons (Fsp3) is 0.450. The van der Waals surface area contributed by atoms with Crippen molar-refractivity contribution in [2.45, 2.75) is 44.6 Å².